The molecule has 1 aliphatic heterocycles. The van der Waals surface area contributed by atoms with E-state index < -0.39 is 0 Å². The molecule has 1 aliphatic carbocycles. The highest BCUT2D eigenvalue weighted by Gasteiger charge is 2.35. The summed E-state index contributed by atoms with van der Waals surface area (Å²) in [4.78, 5) is 0. The predicted octanol–water partition coefficient (Wildman–Crippen LogP) is 2.31. The maximum Gasteiger partial charge on any atom is 0.0715 e. The van der Waals surface area contributed by atoms with E-state index in [-0.39, 0.29) is 5.60 Å². The van der Waals surface area contributed by atoms with Crippen LogP contribution in [-0.2, 0) is 4.74 Å². The van der Waals surface area contributed by atoms with Gasteiger partial charge in [0.1, 0.15) is 0 Å². The molecule has 1 spiro atoms. The Balaban J connectivity index is 1.98. The average molecular weight is 139 g/mol. The lowest BCUT2D eigenvalue weighted by atomic mass is 9.83. The summed E-state index contributed by atoms with van der Waals surface area (Å²) in [5.74, 6) is 0. The van der Waals surface area contributed by atoms with Crippen LogP contribution in [-0.4, -0.2) is 12.2 Å². The Morgan fingerprint density at radius 3 is 2.50 bits per heavy atom. The van der Waals surface area contributed by atoms with E-state index >= 15 is 0 Å². The van der Waals surface area contributed by atoms with Gasteiger partial charge in [-0.15, -0.1) is 0 Å². The molecule has 2 aliphatic rings. The minimum atomic E-state index is 0.248. The Labute approximate surface area is 62.8 Å². The van der Waals surface area contributed by atoms with Crippen LogP contribution in [0.2, 0.25) is 0 Å². The van der Waals surface area contributed by atoms with E-state index in [4.69, 9.17) is 4.74 Å². The van der Waals surface area contributed by atoms with Crippen LogP contribution >= 0.6 is 0 Å². The zero-order valence-corrected chi connectivity index (χ0v) is 6.44. The molecule has 0 aromatic carbocycles. The van der Waals surface area contributed by atoms with Gasteiger partial charge in [-0.3, -0.25) is 0 Å². The molecule has 1 saturated carbocycles. The van der Waals surface area contributed by atoms with Crippen molar-refractivity contribution in [1.29, 1.82) is 0 Å². The monoisotopic (exact) mass is 139 g/mol. The fourth-order valence-corrected chi connectivity index (χ4v) is 2.14. The van der Waals surface area contributed by atoms with Crippen molar-refractivity contribution >= 4 is 0 Å². The van der Waals surface area contributed by atoms with Gasteiger partial charge in [0.2, 0.25) is 0 Å². The molecule has 0 N–H and O–H groups in total. The van der Waals surface area contributed by atoms with Gasteiger partial charge in [-0.1, -0.05) is 19.3 Å². The first-order chi connectivity index (χ1) is 4.91. The van der Waals surface area contributed by atoms with Crippen molar-refractivity contribution < 1.29 is 4.74 Å². The Morgan fingerprint density at radius 2 is 1.90 bits per heavy atom. The summed E-state index contributed by atoms with van der Waals surface area (Å²) in [5, 5.41) is 0. The molecule has 1 nitrogen and oxygen atoms in total. The molecule has 10 heavy (non-hydrogen) atoms. The van der Waals surface area contributed by atoms with E-state index in [2.05, 4.69) is 6.42 Å². The average Bonchev–Trinajstić information content (AvgIpc) is 2.39. The van der Waals surface area contributed by atoms with Crippen molar-refractivity contribution in [1.82, 2.24) is 0 Å². The van der Waals surface area contributed by atoms with E-state index in [1.165, 1.54) is 38.5 Å². The number of rotatable bonds is 0. The fourth-order valence-electron chi connectivity index (χ4n) is 2.14. The number of ether oxygens (including phenoxy) is 1. The second-order valence-corrected chi connectivity index (χ2v) is 3.47. The summed E-state index contributed by atoms with van der Waals surface area (Å²) in [6.45, 7) is 0.972. The molecule has 0 bridgehead atoms. The molecule has 0 atom stereocenters. The smallest absolute Gasteiger partial charge is 0.0715 e. The van der Waals surface area contributed by atoms with E-state index in [9.17, 15) is 0 Å². The van der Waals surface area contributed by atoms with Crippen molar-refractivity contribution in [2.45, 2.75) is 44.1 Å². The standard InChI is InChI=1S/C9H15O/c1-2-5-9(6-3-1)7-4-8-10-9/h7H,1-6,8H2. The first-order valence-electron chi connectivity index (χ1n) is 4.40. The molecular weight excluding hydrogens is 124 g/mol. The summed E-state index contributed by atoms with van der Waals surface area (Å²) in [7, 11) is 0. The van der Waals surface area contributed by atoms with Gasteiger partial charge < -0.3 is 4.74 Å². The van der Waals surface area contributed by atoms with Crippen LogP contribution < -0.4 is 0 Å². The Hall–Kier alpha value is -0.0400. The lowest BCUT2D eigenvalue weighted by Crippen LogP contribution is -2.30. The summed E-state index contributed by atoms with van der Waals surface area (Å²) in [6.07, 6.45) is 10.3. The van der Waals surface area contributed by atoms with Crippen LogP contribution in [0, 0.1) is 6.42 Å². The van der Waals surface area contributed by atoms with E-state index in [1.807, 2.05) is 0 Å². The van der Waals surface area contributed by atoms with Crippen molar-refractivity contribution in [3.63, 3.8) is 0 Å². The minimum Gasteiger partial charge on any atom is -0.375 e. The number of hydrogen-bond donors (Lipinski definition) is 0. The van der Waals surface area contributed by atoms with Crippen LogP contribution in [0.1, 0.15) is 38.5 Å². The number of hydrogen-bond acceptors (Lipinski definition) is 1. The normalized spacial score (nSPS) is 31.2. The van der Waals surface area contributed by atoms with Crippen LogP contribution in [0.3, 0.4) is 0 Å². The highest BCUT2D eigenvalue weighted by atomic mass is 16.5. The first kappa shape index (κ1) is 6.66. The van der Waals surface area contributed by atoms with Crippen LogP contribution in [0.25, 0.3) is 0 Å². The maximum absolute atomic E-state index is 5.73. The Kier molecular flexibility index (Phi) is 1.69. The lowest BCUT2D eigenvalue weighted by Gasteiger charge is -2.31. The van der Waals surface area contributed by atoms with Gasteiger partial charge in [0, 0.05) is 6.61 Å². The Morgan fingerprint density at radius 1 is 1.10 bits per heavy atom. The summed E-state index contributed by atoms with van der Waals surface area (Å²) < 4.78 is 5.73. The van der Waals surface area contributed by atoms with Gasteiger partial charge in [0.25, 0.3) is 0 Å². The topological polar surface area (TPSA) is 9.23 Å². The third-order valence-corrected chi connectivity index (χ3v) is 2.72. The maximum atomic E-state index is 5.73. The minimum absolute atomic E-state index is 0.248. The third kappa shape index (κ3) is 1.07. The summed E-state index contributed by atoms with van der Waals surface area (Å²) in [5.41, 5.74) is 0.248. The van der Waals surface area contributed by atoms with E-state index in [0.717, 1.165) is 6.61 Å². The quantitative estimate of drug-likeness (QED) is 0.500. The van der Waals surface area contributed by atoms with Gasteiger partial charge in [0.05, 0.1) is 5.60 Å². The molecule has 1 heteroatoms. The zero-order valence-electron chi connectivity index (χ0n) is 6.44. The third-order valence-electron chi connectivity index (χ3n) is 2.72. The molecule has 1 saturated heterocycles. The van der Waals surface area contributed by atoms with Gasteiger partial charge >= 0.3 is 0 Å². The van der Waals surface area contributed by atoms with Crippen LogP contribution in [0.15, 0.2) is 0 Å². The molecule has 0 unspecified atom stereocenters. The molecular formula is C9H15O. The molecule has 57 valence electrons. The Bertz CT molecular complexity index is 106. The predicted molar refractivity (Wildman–Crippen MR) is 40.7 cm³/mol. The van der Waals surface area contributed by atoms with Gasteiger partial charge in [0.15, 0.2) is 0 Å². The van der Waals surface area contributed by atoms with Gasteiger partial charge in [-0.25, -0.2) is 0 Å². The SMILES string of the molecule is [CH]1CCOC12CCCCC2. The highest BCUT2D eigenvalue weighted by Crippen LogP contribution is 2.38. The van der Waals surface area contributed by atoms with E-state index in [0.29, 0.717) is 0 Å². The van der Waals surface area contributed by atoms with Crippen LogP contribution in [0.4, 0.5) is 0 Å². The van der Waals surface area contributed by atoms with Gasteiger partial charge in [-0.05, 0) is 25.7 Å². The van der Waals surface area contributed by atoms with Crippen molar-refractivity contribution in [3.8, 4) is 0 Å². The molecule has 1 heterocycles. The summed E-state index contributed by atoms with van der Waals surface area (Å²) in [6, 6.07) is 0. The van der Waals surface area contributed by atoms with Crippen molar-refractivity contribution in [3.05, 3.63) is 6.42 Å². The summed E-state index contributed by atoms with van der Waals surface area (Å²) >= 11 is 0. The van der Waals surface area contributed by atoms with E-state index in [1.54, 1.807) is 0 Å². The first-order valence-corrected chi connectivity index (χ1v) is 4.40. The van der Waals surface area contributed by atoms with Crippen molar-refractivity contribution in [2.75, 3.05) is 6.61 Å². The molecule has 0 aromatic rings. The lowest BCUT2D eigenvalue weighted by molar-refractivity contribution is -0.00586. The van der Waals surface area contributed by atoms with Crippen LogP contribution in [0.5, 0.6) is 0 Å². The second-order valence-electron chi connectivity index (χ2n) is 3.47. The molecule has 0 aromatic heterocycles. The molecule has 0 amide bonds. The fraction of sp³-hybridized carbons (Fsp3) is 0.889. The van der Waals surface area contributed by atoms with Crippen molar-refractivity contribution in [2.24, 2.45) is 0 Å². The molecule has 2 fully saturated rings. The largest absolute Gasteiger partial charge is 0.375 e. The molecule has 1 radical (unpaired) electrons. The highest BCUT2D eigenvalue weighted by molar-refractivity contribution is 5.00. The zero-order chi connectivity index (χ0) is 6.86. The second kappa shape index (κ2) is 2.54. The van der Waals surface area contributed by atoms with Gasteiger partial charge in [-0.2, -0.15) is 0 Å². The molecule has 2 rings (SSSR count).